The summed E-state index contributed by atoms with van der Waals surface area (Å²) >= 11 is 0. The van der Waals surface area contributed by atoms with Gasteiger partial charge in [-0.05, 0) is 25.9 Å². The third-order valence-corrected chi connectivity index (χ3v) is 6.66. The monoisotopic (exact) mass is 219 g/mol. The van der Waals surface area contributed by atoms with Gasteiger partial charge in [-0.15, -0.1) is 0 Å². The van der Waals surface area contributed by atoms with Gasteiger partial charge in [-0.3, -0.25) is 0 Å². The van der Waals surface area contributed by atoms with E-state index >= 15 is 0 Å². The maximum atomic E-state index is 5.62. The van der Waals surface area contributed by atoms with Crippen molar-refractivity contribution < 1.29 is 8.85 Å². The lowest BCUT2D eigenvalue weighted by molar-refractivity contribution is 0.231. The Balaban J connectivity index is 4.27. The van der Waals surface area contributed by atoms with Crippen LogP contribution in [0.5, 0.6) is 0 Å². The molecule has 0 aliphatic rings. The summed E-state index contributed by atoms with van der Waals surface area (Å²) in [7, 11) is 1.55. The maximum absolute atomic E-state index is 5.62. The van der Waals surface area contributed by atoms with E-state index < -0.39 is 8.56 Å². The molecule has 2 N–H and O–H groups in total. The minimum Gasteiger partial charge on any atom is -0.398 e. The molecule has 0 radical (unpaired) electrons. The lowest BCUT2D eigenvalue weighted by Crippen LogP contribution is -2.42. The summed E-state index contributed by atoms with van der Waals surface area (Å²) < 4.78 is 11.1. The van der Waals surface area contributed by atoms with Gasteiger partial charge in [0.2, 0.25) is 0 Å². The third kappa shape index (κ3) is 4.08. The summed E-state index contributed by atoms with van der Waals surface area (Å²) in [5, 5.41) is 0. The van der Waals surface area contributed by atoms with Crippen molar-refractivity contribution in [3.05, 3.63) is 0 Å². The van der Waals surface area contributed by atoms with Gasteiger partial charge in [-0.25, -0.2) is 0 Å². The summed E-state index contributed by atoms with van der Waals surface area (Å²) in [6.07, 6.45) is 4.65. The molecule has 0 spiro atoms. The van der Waals surface area contributed by atoms with Crippen LogP contribution >= 0.6 is 0 Å². The van der Waals surface area contributed by atoms with Gasteiger partial charge < -0.3 is 14.6 Å². The Labute approximate surface area is 89.2 Å². The van der Waals surface area contributed by atoms with Crippen molar-refractivity contribution in [3.8, 4) is 0 Å². The van der Waals surface area contributed by atoms with Crippen LogP contribution in [0.2, 0.25) is 12.1 Å². The SMILES string of the molecule is CCCCC(CCN)[Si](C)(OC)OC. The van der Waals surface area contributed by atoms with Crippen molar-refractivity contribution >= 4 is 8.56 Å². The van der Waals surface area contributed by atoms with E-state index in [1.54, 1.807) is 14.2 Å². The standard InChI is InChI=1S/C10H25NO2Si/c1-5-6-7-10(8-9-11)14(4,12-2)13-3/h10H,5-9,11H2,1-4H3. The van der Waals surface area contributed by atoms with E-state index in [1.807, 2.05) is 0 Å². The summed E-state index contributed by atoms with van der Waals surface area (Å²) in [4.78, 5) is 0. The third-order valence-electron chi connectivity index (χ3n) is 2.97. The smallest absolute Gasteiger partial charge is 0.337 e. The van der Waals surface area contributed by atoms with Gasteiger partial charge in [0.25, 0.3) is 0 Å². The van der Waals surface area contributed by atoms with Gasteiger partial charge in [0, 0.05) is 19.8 Å². The summed E-state index contributed by atoms with van der Waals surface area (Å²) in [5.41, 5.74) is 6.15. The van der Waals surface area contributed by atoms with E-state index in [9.17, 15) is 0 Å². The van der Waals surface area contributed by atoms with Gasteiger partial charge in [-0.1, -0.05) is 19.8 Å². The largest absolute Gasteiger partial charge is 0.398 e. The van der Waals surface area contributed by atoms with Gasteiger partial charge in [0.15, 0.2) is 0 Å². The highest BCUT2D eigenvalue weighted by Crippen LogP contribution is 2.31. The fourth-order valence-corrected chi connectivity index (χ4v) is 3.99. The van der Waals surface area contributed by atoms with Crippen molar-refractivity contribution in [3.63, 3.8) is 0 Å². The molecular formula is C10H25NO2Si. The summed E-state index contributed by atoms with van der Waals surface area (Å²) in [6, 6.07) is 0. The summed E-state index contributed by atoms with van der Waals surface area (Å²) in [6.45, 7) is 5.06. The van der Waals surface area contributed by atoms with E-state index in [2.05, 4.69) is 13.5 Å². The number of hydrogen-bond acceptors (Lipinski definition) is 3. The van der Waals surface area contributed by atoms with Crippen LogP contribution in [0.4, 0.5) is 0 Å². The number of unbranched alkanes of at least 4 members (excludes halogenated alkanes) is 1. The predicted molar refractivity (Wildman–Crippen MR) is 62.6 cm³/mol. The van der Waals surface area contributed by atoms with Crippen LogP contribution < -0.4 is 5.73 Å². The minimum absolute atomic E-state index is 0.530. The van der Waals surface area contributed by atoms with Crippen LogP contribution in [0.15, 0.2) is 0 Å². The topological polar surface area (TPSA) is 44.5 Å². The zero-order chi connectivity index (χ0) is 11.0. The minimum atomic E-state index is -1.96. The van der Waals surface area contributed by atoms with Gasteiger partial charge in [0.05, 0.1) is 0 Å². The normalized spacial score (nSPS) is 14.4. The molecule has 1 atom stereocenters. The second-order valence-electron chi connectivity index (χ2n) is 3.84. The molecule has 4 heteroatoms. The van der Waals surface area contributed by atoms with Crippen LogP contribution in [-0.2, 0) is 8.85 Å². The molecule has 0 aromatic carbocycles. The Hall–Kier alpha value is 0.0969. The van der Waals surface area contributed by atoms with Gasteiger partial charge in [0.1, 0.15) is 0 Å². The molecule has 14 heavy (non-hydrogen) atoms. The second-order valence-corrected chi connectivity index (χ2v) is 7.51. The number of rotatable bonds is 8. The molecule has 0 aromatic rings. The Bertz CT molecular complexity index is 140. The van der Waals surface area contributed by atoms with Crippen molar-refractivity contribution in [1.82, 2.24) is 0 Å². The highest BCUT2D eigenvalue weighted by atomic mass is 28.4. The lowest BCUT2D eigenvalue weighted by atomic mass is 10.1. The molecule has 0 rings (SSSR count). The summed E-state index contributed by atoms with van der Waals surface area (Å²) in [5.74, 6) is 0. The van der Waals surface area contributed by atoms with E-state index in [1.165, 1.54) is 19.3 Å². The van der Waals surface area contributed by atoms with E-state index in [4.69, 9.17) is 14.6 Å². The highest BCUT2D eigenvalue weighted by Gasteiger charge is 2.38. The van der Waals surface area contributed by atoms with Crippen LogP contribution in [0.25, 0.3) is 0 Å². The highest BCUT2D eigenvalue weighted by molar-refractivity contribution is 6.67. The molecule has 0 bridgehead atoms. The van der Waals surface area contributed by atoms with Crippen molar-refractivity contribution in [2.45, 2.75) is 44.7 Å². The first kappa shape index (κ1) is 14.1. The van der Waals surface area contributed by atoms with Gasteiger partial charge >= 0.3 is 8.56 Å². The van der Waals surface area contributed by atoms with Gasteiger partial charge in [-0.2, -0.15) is 0 Å². The van der Waals surface area contributed by atoms with Crippen molar-refractivity contribution in [2.75, 3.05) is 20.8 Å². The number of nitrogens with two attached hydrogens (primary N) is 1. The molecule has 0 aromatic heterocycles. The maximum Gasteiger partial charge on any atom is 0.337 e. The first-order valence-corrected chi connectivity index (χ1v) is 7.84. The molecule has 0 aliphatic heterocycles. The fourth-order valence-electron chi connectivity index (χ4n) is 1.74. The van der Waals surface area contributed by atoms with E-state index in [0.717, 1.165) is 13.0 Å². The second kappa shape index (κ2) is 7.40. The van der Waals surface area contributed by atoms with Crippen molar-refractivity contribution in [2.24, 2.45) is 5.73 Å². The molecule has 0 fully saturated rings. The van der Waals surface area contributed by atoms with Crippen molar-refractivity contribution in [1.29, 1.82) is 0 Å². The first-order valence-electron chi connectivity index (χ1n) is 5.45. The van der Waals surface area contributed by atoms with Crippen LogP contribution in [0.3, 0.4) is 0 Å². The zero-order valence-corrected chi connectivity index (χ0v) is 11.0. The Morgan fingerprint density at radius 1 is 1.21 bits per heavy atom. The Morgan fingerprint density at radius 3 is 2.14 bits per heavy atom. The lowest BCUT2D eigenvalue weighted by Gasteiger charge is -2.31. The van der Waals surface area contributed by atoms with Crippen LogP contribution in [0.1, 0.15) is 32.6 Å². The molecule has 0 aliphatic carbocycles. The average molecular weight is 219 g/mol. The van der Waals surface area contributed by atoms with Crippen LogP contribution in [0, 0.1) is 0 Å². The fraction of sp³-hybridized carbons (Fsp3) is 1.00. The molecule has 1 unspecified atom stereocenters. The molecule has 3 nitrogen and oxygen atoms in total. The Morgan fingerprint density at radius 2 is 1.79 bits per heavy atom. The van der Waals surface area contributed by atoms with E-state index in [-0.39, 0.29) is 0 Å². The quantitative estimate of drug-likeness (QED) is 0.637. The van der Waals surface area contributed by atoms with E-state index in [0.29, 0.717) is 5.54 Å². The predicted octanol–water partition coefficient (Wildman–Crippen LogP) is 2.26. The van der Waals surface area contributed by atoms with Crippen LogP contribution in [-0.4, -0.2) is 29.3 Å². The molecule has 0 amide bonds. The molecule has 0 saturated carbocycles. The zero-order valence-electron chi connectivity index (χ0n) is 10.0. The molecule has 86 valence electrons. The number of hydrogen-bond donors (Lipinski definition) is 1. The molecule has 0 saturated heterocycles. The first-order chi connectivity index (χ1) is 6.64. The molecular weight excluding hydrogens is 194 g/mol. The molecule has 0 heterocycles. The Kier molecular flexibility index (Phi) is 7.45. The average Bonchev–Trinajstić information content (AvgIpc) is 2.23.